The van der Waals surface area contributed by atoms with E-state index in [9.17, 15) is 14.0 Å². The van der Waals surface area contributed by atoms with Crippen molar-refractivity contribution in [3.05, 3.63) is 34.6 Å². The van der Waals surface area contributed by atoms with Gasteiger partial charge >= 0.3 is 0 Å². The van der Waals surface area contributed by atoms with Crippen LogP contribution in [0.15, 0.2) is 18.2 Å². The van der Waals surface area contributed by atoms with E-state index in [1.807, 2.05) is 0 Å². The number of likely N-dealkylation sites (tertiary alicyclic amines) is 1. The van der Waals surface area contributed by atoms with Crippen LogP contribution in [0.3, 0.4) is 0 Å². The SMILES string of the molecule is CN1C(=O)CC(NCc2cc(F)ccc2Cl)C1=O. The standard InChI is InChI=1S/C12H12ClFN2O2/c1-16-11(17)5-10(12(16)18)15-6-7-4-8(14)2-3-9(7)13/h2-4,10,15H,5-6H2,1H3. The van der Waals surface area contributed by atoms with Gasteiger partial charge < -0.3 is 5.32 Å². The predicted molar refractivity (Wildman–Crippen MR) is 64.4 cm³/mol. The number of carbonyl (C=O) groups excluding carboxylic acids is 2. The fraction of sp³-hybridized carbons (Fsp3) is 0.333. The van der Waals surface area contributed by atoms with Gasteiger partial charge in [-0.25, -0.2) is 4.39 Å². The molecule has 1 N–H and O–H groups in total. The highest BCUT2D eigenvalue weighted by molar-refractivity contribution is 6.31. The van der Waals surface area contributed by atoms with Crippen molar-refractivity contribution < 1.29 is 14.0 Å². The molecule has 6 heteroatoms. The van der Waals surface area contributed by atoms with E-state index in [4.69, 9.17) is 11.6 Å². The number of imide groups is 1. The molecular weight excluding hydrogens is 259 g/mol. The third kappa shape index (κ3) is 2.52. The summed E-state index contributed by atoms with van der Waals surface area (Å²) in [7, 11) is 1.45. The third-order valence-electron chi connectivity index (χ3n) is 2.93. The van der Waals surface area contributed by atoms with Gasteiger partial charge in [-0.15, -0.1) is 0 Å². The van der Waals surface area contributed by atoms with Crippen LogP contribution in [0.5, 0.6) is 0 Å². The summed E-state index contributed by atoms with van der Waals surface area (Å²) in [6, 6.07) is 3.48. The summed E-state index contributed by atoms with van der Waals surface area (Å²) >= 11 is 5.91. The van der Waals surface area contributed by atoms with Crippen LogP contribution in [0.2, 0.25) is 5.02 Å². The predicted octanol–water partition coefficient (Wildman–Crippen LogP) is 1.33. The van der Waals surface area contributed by atoms with E-state index < -0.39 is 6.04 Å². The fourth-order valence-electron chi connectivity index (χ4n) is 1.83. The first-order valence-corrected chi connectivity index (χ1v) is 5.84. The minimum Gasteiger partial charge on any atom is -0.301 e. The molecule has 18 heavy (non-hydrogen) atoms. The second-order valence-electron chi connectivity index (χ2n) is 4.16. The van der Waals surface area contributed by atoms with Crippen molar-refractivity contribution in [2.75, 3.05) is 7.05 Å². The van der Waals surface area contributed by atoms with Crippen LogP contribution in [0.4, 0.5) is 4.39 Å². The number of nitrogens with zero attached hydrogens (tertiary/aromatic N) is 1. The lowest BCUT2D eigenvalue weighted by molar-refractivity contribution is -0.137. The lowest BCUT2D eigenvalue weighted by Crippen LogP contribution is -2.36. The van der Waals surface area contributed by atoms with Crippen LogP contribution < -0.4 is 5.32 Å². The summed E-state index contributed by atoms with van der Waals surface area (Å²) in [6.45, 7) is 0.244. The summed E-state index contributed by atoms with van der Waals surface area (Å²) in [5.41, 5.74) is 0.562. The first-order valence-electron chi connectivity index (χ1n) is 5.46. The molecule has 1 aromatic rings. The van der Waals surface area contributed by atoms with Crippen molar-refractivity contribution in [2.45, 2.75) is 19.0 Å². The fourth-order valence-corrected chi connectivity index (χ4v) is 2.01. The van der Waals surface area contributed by atoms with Gasteiger partial charge in [0.05, 0.1) is 12.5 Å². The van der Waals surface area contributed by atoms with Gasteiger partial charge in [0.25, 0.3) is 0 Å². The molecule has 1 atom stereocenters. The van der Waals surface area contributed by atoms with Gasteiger partial charge in [-0.1, -0.05) is 11.6 Å². The molecule has 2 amide bonds. The molecule has 0 bridgehead atoms. The Morgan fingerprint density at radius 1 is 1.50 bits per heavy atom. The zero-order valence-electron chi connectivity index (χ0n) is 9.74. The number of halogens is 2. The number of amides is 2. The van der Waals surface area contributed by atoms with Gasteiger partial charge in [0, 0.05) is 18.6 Å². The molecule has 0 aliphatic carbocycles. The van der Waals surface area contributed by atoms with E-state index >= 15 is 0 Å². The summed E-state index contributed by atoms with van der Waals surface area (Å²) in [5.74, 6) is -0.877. The monoisotopic (exact) mass is 270 g/mol. The smallest absolute Gasteiger partial charge is 0.246 e. The molecule has 96 valence electrons. The highest BCUT2D eigenvalue weighted by Crippen LogP contribution is 2.18. The second kappa shape index (κ2) is 5.04. The molecule has 4 nitrogen and oxygen atoms in total. The van der Waals surface area contributed by atoms with E-state index in [2.05, 4.69) is 5.32 Å². The summed E-state index contributed by atoms with van der Waals surface area (Å²) in [6.07, 6.45) is 0.127. The van der Waals surface area contributed by atoms with Crippen LogP contribution in [0, 0.1) is 5.82 Å². The van der Waals surface area contributed by atoms with Crippen LogP contribution in [0.1, 0.15) is 12.0 Å². The molecule has 1 aliphatic heterocycles. The van der Waals surface area contributed by atoms with Gasteiger partial charge in [-0.2, -0.15) is 0 Å². The minimum absolute atomic E-state index is 0.127. The molecule has 1 aliphatic rings. The average Bonchev–Trinajstić information content (AvgIpc) is 2.58. The van der Waals surface area contributed by atoms with Gasteiger partial charge in [-0.3, -0.25) is 14.5 Å². The van der Waals surface area contributed by atoms with E-state index in [0.29, 0.717) is 10.6 Å². The van der Waals surface area contributed by atoms with Crippen molar-refractivity contribution in [1.29, 1.82) is 0 Å². The Labute approximate surface area is 109 Å². The van der Waals surface area contributed by atoms with Crippen LogP contribution in [-0.2, 0) is 16.1 Å². The molecule has 0 radical (unpaired) electrons. The quantitative estimate of drug-likeness (QED) is 0.843. The Bertz CT molecular complexity index is 507. The van der Waals surface area contributed by atoms with Crippen LogP contribution in [0.25, 0.3) is 0 Å². The summed E-state index contributed by atoms with van der Waals surface area (Å²) < 4.78 is 13.0. The van der Waals surface area contributed by atoms with E-state index in [0.717, 1.165) is 4.90 Å². The maximum atomic E-state index is 13.0. The van der Waals surface area contributed by atoms with Crippen LogP contribution >= 0.6 is 11.6 Å². The van der Waals surface area contributed by atoms with E-state index in [1.54, 1.807) is 0 Å². The molecule has 0 spiro atoms. The Morgan fingerprint density at radius 3 is 2.83 bits per heavy atom. The largest absolute Gasteiger partial charge is 0.301 e. The number of carbonyl (C=O) groups is 2. The van der Waals surface area contributed by atoms with Gasteiger partial charge in [-0.05, 0) is 23.8 Å². The van der Waals surface area contributed by atoms with E-state index in [1.165, 1.54) is 25.2 Å². The minimum atomic E-state index is -0.554. The Kier molecular flexibility index (Phi) is 3.63. The van der Waals surface area contributed by atoms with Gasteiger partial charge in [0.1, 0.15) is 5.82 Å². The van der Waals surface area contributed by atoms with E-state index in [-0.39, 0.29) is 30.6 Å². The number of benzene rings is 1. The Hall–Kier alpha value is -1.46. The molecular formula is C12H12ClFN2O2. The van der Waals surface area contributed by atoms with Gasteiger partial charge in [0.15, 0.2) is 0 Å². The maximum Gasteiger partial charge on any atom is 0.246 e. The number of likely N-dealkylation sites (N-methyl/N-ethyl adjacent to an activating group) is 1. The van der Waals surface area contributed by atoms with Crippen molar-refractivity contribution in [3.8, 4) is 0 Å². The van der Waals surface area contributed by atoms with Gasteiger partial charge in [0.2, 0.25) is 11.8 Å². The Morgan fingerprint density at radius 2 is 2.22 bits per heavy atom. The summed E-state index contributed by atoms with van der Waals surface area (Å²) in [4.78, 5) is 24.0. The number of hydrogen-bond donors (Lipinski definition) is 1. The number of nitrogens with one attached hydrogen (secondary N) is 1. The molecule has 2 rings (SSSR count). The first-order chi connectivity index (χ1) is 8.49. The lowest BCUT2D eigenvalue weighted by Gasteiger charge is -2.11. The molecule has 1 aromatic carbocycles. The third-order valence-corrected chi connectivity index (χ3v) is 3.30. The molecule has 1 fully saturated rings. The number of hydrogen-bond acceptors (Lipinski definition) is 3. The molecule has 1 unspecified atom stereocenters. The average molecular weight is 271 g/mol. The first kappa shape index (κ1) is 13.0. The van der Waals surface area contributed by atoms with Crippen molar-refractivity contribution in [2.24, 2.45) is 0 Å². The normalized spacial score (nSPS) is 19.7. The second-order valence-corrected chi connectivity index (χ2v) is 4.57. The zero-order valence-corrected chi connectivity index (χ0v) is 10.5. The van der Waals surface area contributed by atoms with Crippen LogP contribution in [-0.4, -0.2) is 29.8 Å². The molecule has 0 aromatic heterocycles. The highest BCUT2D eigenvalue weighted by atomic mass is 35.5. The maximum absolute atomic E-state index is 13.0. The number of rotatable bonds is 3. The summed E-state index contributed by atoms with van der Waals surface area (Å²) in [5, 5.41) is 3.34. The van der Waals surface area contributed by atoms with Crippen molar-refractivity contribution >= 4 is 23.4 Å². The van der Waals surface area contributed by atoms with Crippen molar-refractivity contribution in [3.63, 3.8) is 0 Å². The van der Waals surface area contributed by atoms with Crippen molar-refractivity contribution in [1.82, 2.24) is 10.2 Å². The Balaban J connectivity index is 2.02. The molecule has 1 saturated heterocycles. The topological polar surface area (TPSA) is 49.4 Å². The molecule has 1 heterocycles. The zero-order chi connectivity index (χ0) is 13.3. The molecule has 0 saturated carbocycles. The lowest BCUT2D eigenvalue weighted by atomic mass is 10.2. The highest BCUT2D eigenvalue weighted by Gasteiger charge is 2.35.